The van der Waals surface area contributed by atoms with E-state index in [1.54, 1.807) is 4.57 Å². The normalized spacial score (nSPS) is 10.8. The maximum Gasteiger partial charge on any atom is 0.280 e. The molecule has 0 spiro atoms. The molecular weight excluding hydrogens is 230 g/mol. The van der Waals surface area contributed by atoms with Gasteiger partial charge in [-0.25, -0.2) is 4.98 Å². The summed E-state index contributed by atoms with van der Waals surface area (Å²) in [6.45, 7) is 0. The van der Waals surface area contributed by atoms with Gasteiger partial charge in [-0.15, -0.1) is 11.8 Å². The number of aromatic nitrogens is 4. The standard InChI is InChI=1S/C8H9N5O2S/c9-8-11-6-5(7(15)12-8)10-3-13(6)4-16-2-1-14/h1,3H,2,4H2,(H3,9,11,12,15). The largest absolute Gasteiger partial charge is 0.369 e. The Balaban J connectivity index is 2.39. The van der Waals surface area contributed by atoms with Gasteiger partial charge in [-0.05, 0) is 0 Å². The van der Waals surface area contributed by atoms with Crippen LogP contribution in [-0.2, 0) is 10.7 Å². The van der Waals surface area contributed by atoms with Gasteiger partial charge in [0.1, 0.15) is 6.29 Å². The lowest BCUT2D eigenvalue weighted by molar-refractivity contribution is -0.105. The van der Waals surface area contributed by atoms with E-state index >= 15 is 0 Å². The van der Waals surface area contributed by atoms with Crippen LogP contribution in [0.15, 0.2) is 11.1 Å². The van der Waals surface area contributed by atoms with Crippen molar-refractivity contribution in [3.8, 4) is 0 Å². The summed E-state index contributed by atoms with van der Waals surface area (Å²) in [6, 6.07) is 0. The maximum atomic E-state index is 11.4. The predicted octanol–water partition coefficient (Wildman–Crippen LogP) is -0.409. The molecule has 0 radical (unpaired) electrons. The van der Waals surface area contributed by atoms with E-state index in [0.29, 0.717) is 17.3 Å². The number of aromatic amines is 1. The monoisotopic (exact) mass is 239 g/mol. The number of anilines is 1. The number of hydrogen-bond acceptors (Lipinski definition) is 6. The van der Waals surface area contributed by atoms with Gasteiger partial charge in [0.25, 0.3) is 5.56 Å². The summed E-state index contributed by atoms with van der Waals surface area (Å²) in [5.74, 6) is 0.948. The van der Waals surface area contributed by atoms with Gasteiger partial charge in [0.2, 0.25) is 5.95 Å². The zero-order valence-electron chi connectivity index (χ0n) is 8.21. The van der Waals surface area contributed by atoms with Crippen molar-refractivity contribution in [1.82, 2.24) is 19.5 Å². The van der Waals surface area contributed by atoms with Crippen LogP contribution in [0.3, 0.4) is 0 Å². The van der Waals surface area contributed by atoms with E-state index < -0.39 is 0 Å². The molecule has 0 aliphatic heterocycles. The number of hydrogen-bond donors (Lipinski definition) is 2. The van der Waals surface area contributed by atoms with Crippen LogP contribution in [0.1, 0.15) is 0 Å². The average molecular weight is 239 g/mol. The Hall–Kier alpha value is -1.83. The van der Waals surface area contributed by atoms with Crippen molar-refractivity contribution in [2.75, 3.05) is 11.5 Å². The highest BCUT2D eigenvalue weighted by Gasteiger charge is 2.08. The molecule has 0 atom stereocenters. The predicted molar refractivity (Wildman–Crippen MR) is 61.1 cm³/mol. The quantitative estimate of drug-likeness (QED) is 0.555. The van der Waals surface area contributed by atoms with E-state index in [1.807, 2.05) is 0 Å². The Morgan fingerprint density at radius 3 is 3.19 bits per heavy atom. The van der Waals surface area contributed by atoms with Crippen LogP contribution in [0.2, 0.25) is 0 Å². The minimum atomic E-state index is -0.360. The van der Waals surface area contributed by atoms with Gasteiger partial charge < -0.3 is 15.1 Å². The zero-order valence-corrected chi connectivity index (χ0v) is 9.03. The van der Waals surface area contributed by atoms with Crippen molar-refractivity contribution in [3.63, 3.8) is 0 Å². The number of thioether (sulfide) groups is 1. The summed E-state index contributed by atoms with van der Waals surface area (Å²) in [4.78, 5) is 31.9. The first kappa shape index (κ1) is 10.7. The number of carbonyl (C=O) groups is 1. The Morgan fingerprint density at radius 1 is 1.62 bits per heavy atom. The first-order valence-electron chi connectivity index (χ1n) is 4.44. The number of H-pyrrole nitrogens is 1. The third-order valence-corrected chi connectivity index (χ3v) is 2.74. The van der Waals surface area contributed by atoms with Crippen molar-refractivity contribution in [2.24, 2.45) is 0 Å². The fourth-order valence-corrected chi connectivity index (χ4v) is 1.85. The smallest absolute Gasteiger partial charge is 0.280 e. The second-order valence-electron chi connectivity index (χ2n) is 3.00. The lowest BCUT2D eigenvalue weighted by Gasteiger charge is -2.00. The fourth-order valence-electron chi connectivity index (χ4n) is 1.26. The van der Waals surface area contributed by atoms with E-state index in [2.05, 4.69) is 15.0 Å². The molecule has 2 rings (SSSR count). The number of rotatable bonds is 4. The van der Waals surface area contributed by atoms with Gasteiger partial charge in [0.05, 0.1) is 18.0 Å². The molecule has 8 heteroatoms. The van der Waals surface area contributed by atoms with Crippen LogP contribution in [0.5, 0.6) is 0 Å². The van der Waals surface area contributed by atoms with Gasteiger partial charge in [0.15, 0.2) is 11.2 Å². The number of nitrogens with two attached hydrogens (primary N) is 1. The molecule has 0 bridgehead atoms. The summed E-state index contributed by atoms with van der Waals surface area (Å²) < 4.78 is 1.68. The Morgan fingerprint density at radius 2 is 2.44 bits per heavy atom. The molecule has 0 saturated carbocycles. The van der Waals surface area contributed by atoms with Gasteiger partial charge in [-0.3, -0.25) is 9.78 Å². The Bertz CT molecular complexity index is 575. The van der Waals surface area contributed by atoms with Gasteiger partial charge >= 0.3 is 0 Å². The molecule has 0 aliphatic carbocycles. The number of nitrogens with zero attached hydrogens (tertiary/aromatic N) is 3. The second-order valence-corrected chi connectivity index (χ2v) is 4.00. The van der Waals surface area contributed by atoms with Crippen molar-refractivity contribution in [3.05, 3.63) is 16.7 Å². The van der Waals surface area contributed by atoms with E-state index in [-0.39, 0.29) is 17.0 Å². The molecular formula is C8H9N5O2S. The molecule has 0 fully saturated rings. The van der Waals surface area contributed by atoms with Crippen molar-refractivity contribution in [1.29, 1.82) is 0 Å². The maximum absolute atomic E-state index is 11.4. The number of carbonyl (C=O) groups excluding carboxylic acids is 1. The topological polar surface area (TPSA) is 107 Å². The number of aldehydes is 1. The van der Waals surface area contributed by atoms with Crippen molar-refractivity contribution < 1.29 is 4.79 Å². The number of nitrogens with one attached hydrogen (secondary N) is 1. The third-order valence-electron chi connectivity index (χ3n) is 1.91. The lowest BCUT2D eigenvalue weighted by atomic mass is 10.5. The molecule has 0 aliphatic rings. The number of nitrogen functional groups attached to an aromatic ring is 1. The highest BCUT2D eigenvalue weighted by atomic mass is 32.2. The Kier molecular flexibility index (Phi) is 2.91. The Labute approximate surface area is 94.1 Å². The molecule has 16 heavy (non-hydrogen) atoms. The average Bonchev–Trinajstić information content (AvgIpc) is 2.62. The molecule has 2 aromatic rings. The van der Waals surface area contributed by atoms with Crippen LogP contribution in [-0.4, -0.2) is 31.6 Å². The molecule has 0 amide bonds. The molecule has 7 nitrogen and oxygen atoms in total. The van der Waals surface area contributed by atoms with Gasteiger partial charge in [-0.1, -0.05) is 0 Å². The molecule has 0 unspecified atom stereocenters. The van der Waals surface area contributed by atoms with E-state index in [1.165, 1.54) is 18.1 Å². The summed E-state index contributed by atoms with van der Waals surface area (Å²) >= 11 is 1.40. The summed E-state index contributed by atoms with van der Waals surface area (Å²) in [7, 11) is 0. The summed E-state index contributed by atoms with van der Waals surface area (Å²) in [5, 5.41) is 0. The summed E-state index contributed by atoms with van der Waals surface area (Å²) in [5.41, 5.74) is 5.76. The molecule has 84 valence electrons. The highest BCUT2D eigenvalue weighted by Crippen LogP contribution is 2.10. The SMILES string of the molecule is Nc1nc2c(ncn2CSCC=O)c(=O)[nH]1. The lowest BCUT2D eigenvalue weighted by Crippen LogP contribution is -2.12. The van der Waals surface area contributed by atoms with E-state index in [0.717, 1.165) is 6.29 Å². The minimum Gasteiger partial charge on any atom is -0.369 e. The molecule has 0 saturated heterocycles. The molecule has 3 N–H and O–H groups in total. The molecule has 2 aromatic heterocycles. The highest BCUT2D eigenvalue weighted by molar-refractivity contribution is 7.98. The van der Waals surface area contributed by atoms with Gasteiger partial charge in [0, 0.05) is 0 Å². The van der Waals surface area contributed by atoms with Crippen LogP contribution in [0.25, 0.3) is 11.2 Å². The van der Waals surface area contributed by atoms with E-state index in [9.17, 15) is 9.59 Å². The van der Waals surface area contributed by atoms with Gasteiger partial charge in [-0.2, -0.15) is 4.98 Å². The zero-order chi connectivity index (χ0) is 11.5. The third kappa shape index (κ3) is 1.91. The molecule has 2 heterocycles. The van der Waals surface area contributed by atoms with Crippen LogP contribution < -0.4 is 11.3 Å². The van der Waals surface area contributed by atoms with Crippen LogP contribution >= 0.6 is 11.8 Å². The number of imidazole rings is 1. The number of fused-ring (bicyclic) bond motifs is 1. The minimum absolute atomic E-state index is 0.0552. The first-order valence-corrected chi connectivity index (χ1v) is 5.60. The summed E-state index contributed by atoms with van der Waals surface area (Å²) in [6.07, 6.45) is 2.32. The second kappa shape index (κ2) is 4.35. The fraction of sp³-hybridized carbons (Fsp3) is 0.250. The van der Waals surface area contributed by atoms with E-state index in [4.69, 9.17) is 5.73 Å². The van der Waals surface area contributed by atoms with Crippen molar-refractivity contribution >= 4 is 35.2 Å². The van der Waals surface area contributed by atoms with Crippen molar-refractivity contribution in [2.45, 2.75) is 5.88 Å². The van der Waals surface area contributed by atoms with Crippen LogP contribution in [0, 0.1) is 0 Å². The molecule has 0 aromatic carbocycles. The first-order chi connectivity index (χ1) is 7.72. The van der Waals surface area contributed by atoms with Crippen LogP contribution in [0.4, 0.5) is 5.95 Å².